The number of sulfone groups is 1. The van der Waals surface area contributed by atoms with Gasteiger partial charge in [0, 0.05) is 19.2 Å². The van der Waals surface area contributed by atoms with Crippen LogP contribution >= 0.6 is 0 Å². The second-order valence-corrected chi connectivity index (χ2v) is 5.49. The molecule has 70 valence electrons. The van der Waals surface area contributed by atoms with Gasteiger partial charge in [0.15, 0.2) is 0 Å². The third-order valence-electron chi connectivity index (χ3n) is 1.89. The number of piperidine rings is 1. The van der Waals surface area contributed by atoms with Crippen molar-refractivity contribution in [2.45, 2.75) is 12.8 Å². The fourth-order valence-electron chi connectivity index (χ4n) is 1.42. The first-order valence-electron chi connectivity index (χ1n) is 3.92. The predicted octanol–water partition coefficient (Wildman–Crippen LogP) is -0.443. The zero-order chi connectivity index (χ0) is 9.19. The van der Waals surface area contributed by atoms with Crippen molar-refractivity contribution in [3.8, 4) is 0 Å². The van der Waals surface area contributed by atoms with E-state index in [1.165, 1.54) is 6.26 Å². The molecule has 5 heteroatoms. The van der Waals surface area contributed by atoms with E-state index in [4.69, 9.17) is 0 Å². The second kappa shape index (κ2) is 3.43. The van der Waals surface area contributed by atoms with Gasteiger partial charge < -0.3 is 5.32 Å². The molecule has 1 atom stereocenters. The lowest BCUT2D eigenvalue weighted by Gasteiger charge is -2.20. The first-order valence-corrected chi connectivity index (χ1v) is 5.98. The van der Waals surface area contributed by atoms with Gasteiger partial charge in [-0.3, -0.25) is 4.79 Å². The van der Waals surface area contributed by atoms with Gasteiger partial charge in [0.25, 0.3) is 0 Å². The highest BCUT2D eigenvalue weighted by Gasteiger charge is 2.22. The van der Waals surface area contributed by atoms with Gasteiger partial charge in [-0.1, -0.05) is 0 Å². The van der Waals surface area contributed by atoms with Gasteiger partial charge in [0.1, 0.15) is 9.84 Å². The molecule has 1 aliphatic heterocycles. The Balaban J connectivity index is 2.48. The fourth-order valence-corrected chi connectivity index (χ4v) is 2.56. The van der Waals surface area contributed by atoms with Gasteiger partial charge in [-0.25, -0.2) is 8.42 Å². The molecule has 1 fully saturated rings. The molecule has 0 aromatic rings. The summed E-state index contributed by atoms with van der Waals surface area (Å²) in [5.74, 6) is 0.129. The summed E-state index contributed by atoms with van der Waals surface area (Å²) in [4.78, 5) is 10.9. The van der Waals surface area contributed by atoms with E-state index in [0.29, 0.717) is 13.0 Å². The third-order valence-corrected chi connectivity index (χ3v) is 2.96. The molecule has 0 aromatic carbocycles. The normalized spacial score (nSPS) is 25.1. The van der Waals surface area contributed by atoms with Crippen LogP contribution in [0.5, 0.6) is 0 Å². The van der Waals surface area contributed by atoms with Crippen LogP contribution < -0.4 is 5.32 Å². The van der Waals surface area contributed by atoms with Gasteiger partial charge in [-0.05, 0) is 12.3 Å². The van der Waals surface area contributed by atoms with Crippen LogP contribution in [0.25, 0.3) is 0 Å². The number of amides is 1. The van der Waals surface area contributed by atoms with E-state index in [9.17, 15) is 13.2 Å². The summed E-state index contributed by atoms with van der Waals surface area (Å²) in [5, 5.41) is 2.66. The highest BCUT2D eigenvalue weighted by atomic mass is 32.2. The minimum atomic E-state index is -2.93. The highest BCUT2D eigenvalue weighted by Crippen LogP contribution is 2.14. The Kier molecular flexibility index (Phi) is 2.72. The quantitative estimate of drug-likeness (QED) is 0.643. The van der Waals surface area contributed by atoms with Crippen LogP contribution in [0.15, 0.2) is 0 Å². The van der Waals surface area contributed by atoms with E-state index in [2.05, 4.69) is 5.32 Å². The molecule has 0 bridgehead atoms. The van der Waals surface area contributed by atoms with Gasteiger partial charge in [-0.15, -0.1) is 0 Å². The lowest BCUT2D eigenvalue weighted by molar-refractivity contribution is -0.123. The molecular formula is C7H13NO3S. The largest absolute Gasteiger partial charge is 0.356 e. The van der Waals surface area contributed by atoms with Crippen LogP contribution in [0.3, 0.4) is 0 Å². The smallest absolute Gasteiger partial charge is 0.220 e. The summed E-state index contributed by atoms with van der Waals surface area (Å²) in [5.41, 5.74) is 0. The first-order chi connectivity index (χ1) is 5.47. The predicted molar refractivity (Wildman–Crippen MR) is 45.4 cm³/mol. The summed E-state index contributed by atoms with van der Waals surface area (Å²) < 4.78 is 21.7. The molecule has 1 aliphatic rings. The van der Waals surface area contributed by atoms with E-state index in [1.807, 2.05) is 0 Å². The highest BCUT2D eigenvalue weighted by molar-refractivity contribution is 7.90. The number of rotatable bonds is 2. The molecule has 1 heterocycles. The van der Waals surface area contributed by atoms with Crippen molar-refractivity contribution in [2.24, 2.45) is 5.92 Å². The van der Waals surface area contributed by atoms with Gasteiger partial charge in [0.2, 0.25) is 5.91 Å². The summed E-state index contributed by atoms with van der Waals surface area (Å²) in [6.07, 6.45) is 2.34. The van der Waals surface area contributed by atoms with Gasteiger partial charge in [-0.2, -0.15) is 0 Å². The molecule has 0 aromatic heterocycles. The van der Waals surface area contributed by atoms with Crippen molar-refractivity contribution in [2.75, 3.05) is 18.6 Å². The second-order valence-electron chi connectivity index (χ2n) is 3.30. The standard InChI is InChI=1S/C7H13NO3S/c1-12(10,11)5-6-2-3-8-7(9)4-6/h6H,2-5H2,1H3,(H,8,9). The monoisotopic (exact) mass is 191 g/mol. The summed E-state index contributed by atoms with van der Waals surface area (Å²) in [6.45, 7) is 0.610. The summed E-state index contributed by atoms with van der Waals surface area (Å²) >= 11 is 0. The van der Waals surface area contributed by atoms with Crippen LogP contribution in [-0.4, -0.2) is 32.9 Å². The van der Waals surface area contributed by atoms with Crippen molar-refractivity contribution < 1.29 is 13.2 Å². The first kappa shape index (κ1) is 9.51. The average molecular weight is 191 g/mol. The molecule has 1 rings (SSSR count). The Morgan fingerprint density at radius 1 is 1.58 bits per heavy atom. The SMILES string of the molecule is CS(=O)(=O)CC1CCNC(=O)C1. The lowest BCUT2D eigenvalue weighted by atomic mass is 10.0. The molecule has 0 spiro atoms. The molecule has 1 saturated heterocycles. The molecule has 0 radical (unpaired) electrons. The number of hydrogen-bond acceptors (Lipinski definition) is 3. The van der Waals surface area contributed by atoms with Gasteiger partial charge >= 0.3 is 0 Å². The van der Waals surface area contributed by atoms with Crippen molar-refractivity contribution >= 4 is 15.7 Å². The van der Waals surface area contributed by atoms with E-state index < -0.39 is 9.84 Å². The van der Waals surface area contributed by atoms with Crippen molar-refractivity contribution in [1.82, 2.24) is 5.32 Å². The topological polar surface area (TPSA) is 63.2 Å². The Hall–Kier alpha value is -0.580. The molecule has 1 amide bonds. The Labute approximate surface area is 72.3 Å². The maximum Gasteiger partial charge on any atom is 0.220 e. The Bertz CT molecular complexity index is 270. The maximum atomic E-state index is 10.9. The van der Waals surface area contributed by atoms with Crippen LogP contribution in [0.4, 0.5) is 0 Å². The van der Waals surface area contributed by atoms with Gasteiger partial charge in [0.05, 0.1) is 5.75 Å². The van der Waals surface area contributed by atoms with E-state index in [1.54, 1.807) is 0 Å². The lowest BCUT2D eigenvalue weighted by Crippen LogP contribution is -2.35. The van der Waals surface area contributed by atoms with Crippen molar-refractivity contribution in [3.05, 3.63) is 0 Å². The minimum absolute atomic E-state index is 0.0220. The van der Waals surface area contributed by atoms with Crippen LogP contribution in [0.1, 0.15) is 12.8 Å². The van der Waals surface area contributed by atoms with E-state index >= 15 is 0 Å². The van der Waals surface area contributed by atoms with Crippen LogP contribution in [-0.2, 0) is 14.6 Å². The molecule has 1 unspecified atom stereocenters. The molecule has 0 aliphatic carbocycles. The Morgan fingerprint density at radius 2 is 2.25 bits per heavy atom. The van der Waals surface area contributed by atoms with E-state index in [-0.39, 0.29) is 17.6 Å². The average Bonchev–Trinajstić information content (AvgIpc) is 1.82. The third kappa shape index (κ3) is 3.21. The molecular weight excluding hydrogens is 178 g/mol. The van der Waals surface area contributed by atoms with Crippen LogP contribution in [0.2, 0.25) is 0 Å². The Morgan fingerprint density at radius 3 is 2.75 bits per heavy atom. The van der Waals surface area contributed by atoms with Crippen LogP contribution in [0, 0.1) is 5.92 Å². The number of carbonyl (C=O) groups excluding carboxylic acids is 1. The molecule has 1 N–H and O–H groups in total. The minimum Gasteiger partial charge on any atom is -0.356 e. The maximum absolute atomic E-state index is 10.9. The fraction of sp³-hybridized carbons (Fsp3) is 0.857. The molecule has 0 saturated carbocycles. The number of nitrogens with one attached hydrogen (secondary N) is 1. The zero-order valence-electron chi connectivity index (χ0n) is 7.04. The number of hydrogen-bond donors (Lipinski definition) is 1. The van der Waals surface area contributed by atoms with Crippen molar-refractivity contribution in [3.63, 3.8) is 0 Å². The molecule has 4 nitrogen and oxygen atoms in total. The number of carbonyl (C=O) groups is 1. The zero-order valence-corrected chi connectivity index (χ0v) is 7.86. The van der Waals surface area contributed by atoms with E-state index in [0.717, 1.165) is 6.42 Å². The van der Waals surface area contributed by atoms with Crippen molar-refractivity contribution in [1.29, 1.82) is 0 Å². The summed E-state index contributed by atoms with van der Waals surface area (Å²) in [6, 6.07) is 0. The molecule has 12 heavy (non-hydrogen) atoms. The summed E-state index contributed by atoms with van der Waals surface area (Å²) in [7, 11) is -2.93.